The molecule has 1 amide bonds. The Morgan fingerprint density at radius 2 is 2.14 bits per heavy atom. The fourth-order valence-electron chi connectivity index (χ4n) is 2.33. The molecule has 0 saturated carbocycles. The van der Waals surface area contributed by atoms with Gasteiger partial charge in [-0.15, -0.1) is 0 Å². The summed E-state index contributed by atoms with van der Waals surface area (Å²) in [6, 6.07) is -0.104. The molecule has 1 fully saturated rings. The van der Waals surface area contributed by atoms with Gasteiger partial charge < -0.3 is 10.1 Å². The summed E-state index contributed by atoms with van der Waals surface area (Å²) in [5.41, 5.74) is -0.529. The van der Waals surface area contributed by atoms with E-state index in [0.29, 0.717) is 31.9 Å². The molecule has 1 N–H and O–H groups in total. The van der Waals surface area contributed by atoms with E-state index in [9.17, 15) is 13.2 Å². The topological polar surface area (TPSA) is 88.1 Å². The van der Waals surface area contributed by atoms with Gasteiger partial charge in [-0.25, -0.2) is 13.2 Å². The monoisotopic (exact) mass is 317 g/mol. The van der Waals surface area contributed by atoms with Crippen molar-refractivity contribution in [1.29, 1.82) is 0 Å². The molecule has 0 spiro atoms. The van der Waals surface area contributed by atoms with Gasteiger partial charge in [-0.1, -0.05) is 0 Å². The van der Waals surface area contributed by atoms with E-state index >= 15 is 0 Å². The molecule has 21 heavy (non-hydrogen) atoms. The number of aliphatic imine (C=N–C) groups is 1. The number of carbonyl (C=O) groups excluding carboxylic acids is 1. The number of amidine groups is 1. The summed E-state index contributed by atoms with van der Waals surface area (Å²) < 4.78 is 28.2. The number of ether oxygens (including phenoxy) is 1. The normalized spacial score (nSPS) is 25.4. The second-order valence-corrected chi connectivity index (χ2v) is 8.70. The number of hydrogen-bond donors (Lipinski definition) is 1. The molecule has 0 aliphatic carbocycles. The number of nitrogens with one attached hydrogen (secondary N) is 1. The lowest BCUT2D eigenvalue weighted by atomic mass is 10.2. The van der Waals surface area contributed by atoms with Gasteiger partial charge in [-0.2, -0.15) is 0 Å². The van der Waals surface area contributed by atoms with Crippen LogP contribution in [0.4, 0.5) is 4.79 Å². The SMILES string of the molecule is CC(C)(C)OC(=O)N1CCN=C(NC2CCS(=O)(=O)C2)C1. The number of carbonyl (C=O) groups is 1. The number of rotatable bonds is 1. The van der Waals surface area contributed by atoms with E-state index in [2.05, 4.69) is 10.3 Å². The molecule has 7 nitrogen and oxygen atoms in total. The van der Waals surface area contributed by atoms with Gasteiger partial charge in [0.05, 0.1) is 24.6 Å². The molecular formula is C13H23N3O4S. The van der Waals surface area contributed by atoms with Crippen molar-refractivity contribution in [3.8, 4) is 0 Å². The summed E-state index contributed by atoms with van der Waals surface area (Å²) in [6.45, 7) is 6.83. The number of sulfone groups is 1. The van der Waals surface area contributed by atoms with Crippen LogP contribution in [0.25, 0.3) is 0 Å². The van der Waals surface area contributed by atoms with Crippen LogP contribution in [0.3, 0.4) is 0 Å². The Morgan fingerprint density at radius 1 is 1.43 bits per heavy atom. The summed E-state index contributed by atoms with van der Waals surface area (Å²) in [7, 11) is -2.92. The quantitative estimate of drug-likeness (QED) is 0.757. The third kappa shape index (κ3) is 4.87. The number of hydrogen-bond acceptors (Lipinski definition) is 6. The first-order chi connectivity index (χ1) is 9.65. The van der Waals surface area contributed by atoms with Crippen molar-refractivity contribution in [1.82, 2.24) is 10.2 Å². The summed E-state index contributed by atoms with van der Waals surface area (Å²) in [4.78, 5) is 17.9. The average Bonchev–Trinajstić information content (AvgIpc) is 2.67. The van der Waals surface area contributed by atoms with Gasteiger partial charge in [0.1, 0.15) is 11.4 Å². The van der Waals surface area contributed by atoms with Crippen molar-refractivity contribution < 1.29 is 17.9 Å². The fourth-order valence-corrected chi connectivity index (χ4v) is 4.01. The molecule has 120 valence electrons. The zero-order chi connectivity index (χ0) is 15.7. The zero-order valence-electron chi connectivity index (χ0n) is 12.8. The Morgan fingerprint density at radius 3 is 2.71 bits per heavy atom. The highest BCUT2D eigenvalue weighted by Gasteiger charge is 2.30. The highest BCUT2D eigenvalue weighted by Crippen LogP contribution is 2.13. The van der Waals surface area contributed by atoms with Gasteiger partial charge in [-0.3, -0.25) is 9.89 Å². The van der Waals surface area contributed by atoms with Gasteiger partial charge in [0.15, 0.2) is 9.84 Å². The third-order valence-electron chi connectivity index (χ3n) is 3.27. The predicted molar refractivity (Wildman–Crippen MR) is 80.3 cm³/mol. The molecule has 2 rings (SSSR count). The van der Waals surface area contributed by atoms with Crippen LogP contribution in [-0.4, -0.2) is 68.0 Å². The van der Waals surface area contributed by atoms with Gasteiger partial charge in [0.25, 0.3) is 0 Å². The third-order valence-corrected chi connectivity index (χ3v) is 5.04. The Bertz CT molecular complexity index is 536. The van der Waals surface area contributed by atoms with Crippen LogP contribution in [0.5, 0.6) is 0 Å². The van der Waals surface area contributed by atoms with E-state index < -0.39 is 15.4 Å². The molecular weight excluding hydrogens is 294 g/mol. The van der Waals surface area contributed by atoms with Gasteiger partial charge >= 0.3 is 6.09 Å². The second-order valence-electron chi connectivity index (χ2n) is 6.47. The molecule has 8 heteroatoms. The fraction of sp³-hybridized carbons (Fsp3) is 0.846. The lowest BCUT2D eigenvalue weighted by molar-refractivity contribution is 0.0276. The Kier molecular flexibility index (Phi) is 4.46. The molecule has 0 aromatic heterocycles. The van der Waals surface area contributed by atoms with Crippen LogP contribution >= 0.6 is 0 Å². The van der Waals surface area contributed by atoms with Gasteiger partial charge in [0, 0.05) is 12.6 Å². The van der Waals surface area contributed by atoms with Crippen molar-refractivity contribution in [2.24, 2.45) is 4.99 Å². The summed E-state index contributed by atoms with van der Waals surface area (Å²) >= 11 is 0. The largest absolute Gasteiger partial charge is 0.444 e. The average molecular weight is 317 g/mol. The van der Waals surface area contributed by atoms with Gasteiger partial charge in [0.2, 0.25) is 0 Å². The molecule has 0 bridgehead atoms. The summed E-state index contributed by atoms with van der Waals surface area (Å²) in [5, 5.41) is 3.14. The van der Waals surface area contributed by atoms with Crippen LogP contribution in [0.15, 0.2) is 4.99 Å². The zero-order valence-corrected chi connectivity index (χ0v) is 13.6. The first-order valence-corrected chi connectivity index (χ1v) is 8.95. The molecule has 2 aliphatic rings. The van der Waals surface area contributed by atoms with Crippen LogP contribution in [-0.2, 0) is 14.6 Å². The van der Waals surface area contributed by atoms with Crippen LogP contribution < -0.4 is 5.32 Å². The maximum atomic E-state index is 12.0. The Balaban J connectivity index is 1.89. The van der Waals surface area contributed by atoms with E-state index in [1.807, 2.05) is 20.8 Å². The maximum Gasteiger partial charge on any atom is 0.410 e. The van der Waals surface area contributed by atoms with E-state index in [1.54, 1.807) is 4.90 Å². The van der Waals surface area contributed by atoms with Crippen molar-refractivity contribution in [2.45, 2.75) is 38.8 Å². The molecule has 0 radical (unpaired) electrons. The van der Waals surface area contributed by atoms with Crippen LogP contribution in [0, 0.1) is 0 Å². The number of nitrogens with zero attached hydrogens (tertiary/aromatic N) is 2. The lowest BCUT2D eigenvalue weighted by Crippen LogP contribution is -2.49. The van der Waals surface area contributed by atoms with Crippen LogP contribution in [0.2, 0.25) is 0 Å². The Labute approximate surface area is 125 Å². The second kappa shape index (κ2) is 5.82. The maximum absolute atomic E-state index is 12.0. The van der Waals surface area contributed by atoms with Crippen LogP contribution in [0.1, 0.15) is 27.2 Å². The minimum absolute atomic E-state index is 0.104. The van der Waals surface area contributed by atoms with Crippen molar-refractivity contribution >= 4 is 21.8 Å². The van der Waals surface area contributed by atoms with Crippen molar-refractivity contribution in [2.75, 3.05) is 31.1 Å². The summed E-state index contributed by atoms with van der Waals surface area (Å²) in [6.07, 6.45) is 0.226. The first kappa shape index (κ1) is 16.1. The molecule has 1 unspecified atom stereocenters. The van der Waals surface area contributed by atoms with E-state index in [-0.39, 0.29) is 23.6 Å². The number of amides is 1. The predicted octanol–water partition coefficient (Wildman–Crippen LogP) is 0.412. The van der Waals surface area contributed by atoms with Gasteiger partial charge in [-0.05, 0) is 27.2 Å². The first-order valence-electron chi connectivity index (χ1n) is 7.13. The minimum Gasteiger partial charge on any atom is -0.444 e. The molecule has 0 aromatic carbocycles. The Hall–Kier alpha value is -1.31. The van der Waals surface area contributed by atoms with E-state index in [1.165, 1.54) is 0 Å². The molecule has 0 aromatic rings. The molecule has 1 saturated heterocycles. The molecule has 2 aliphatic heterocycles. The van der Waals surface area contributed by atoms with E-state index in [0.717, 1.165) is 0 Å². The van der Waals surface area contributed by atoms with E-state index in [4.69, 9.17) is 4.74 Å². The lowest BCUT2D eigenvalue weighted by Gasteiger charge is -2.30. The molecule has 2 heterocycles. The van der Waals surface area contributed by atoms with Crippen molar-refractivity contribution in [3.63, 3.8) is 0 Å². The highest BCUT2D eigenvalue weighted by molar-refractivity contribution is 7.91. The van der Waals surface area contributed by atoms with Crippen molar-refractivity contribution in [3.05, 3.63) is 0 Å². The standard InChI is InChI=1S/C13H23N3O4S/c1-13(2,3)20-12(17)16-6-5-14-11(8-16)15-10-4-7-21(18,19)9-10/h10H,4-9H2,1-3H3,(H,14,15). The minimum atomic E-state index is -2.92. The smallest absolute Gasteiger partial charge is 0.410 e. The molecule has 1 atom stereocenters. The highest BCUT2D eigenvalue weighted by atomic mass is 32.2. The summed E-state index contributed by atoms with van der Waals surface area (Å²) in [5.74, 6) is 1.01.